The lowest BCUT2D eigenvalue weighted by molar-refractivity contribution is -0.0862. The zero-order valence-corrected chi connectivity index (χ0v) is 10.0. The fraction of sp³-hybridized carbons (Fsp3) is 1.00. The van der Waals surface area contributed by atoms with Crippen molar-refractivity contribution in [3.05, 3.63) is 0 Å². The van der Waals surface area contributed by atoms with Crippen molar-refractivity contribution in [2.24, 2.45) is 11.3 Å². The van der Waals surface area contributed by atoms with Gasteiger partial charge in [-0.05, 0) is 24.3 Å². The van der Waals surface area contributed by atoms with Gasteiger partial charge in [0.05, 0.1) is 6.61 Å². The molecule has 82 valence electrons. The largest absolute Gasteiger partial charge is 0.362 e. The summed E-state index contributed by atoms with van der Waals surface area (Å²) in [4.78, 5) is 0. The van der Waals surface area contributed by atoms with Crippen molar-refractivity contribution in [2.45, 2.75) is 32.9 Å². The Hall–Kier alpha value is 0.270. The van der Waals surface area contributed by atoms with Crippen LogP contribution in [0.1, 0.15) is 26.7 Å². The third-order valence-corrected chi connectivity index (χ3v) is 4.18. The third kappa shape index (κ3) is 2.65. The zero-order valence-electron chi connectivity index (χ0n) is 9.21. The summed E-state index contributed by atoms with van der Waals surface area (Å²) in [6.07, 6.45) is 2.98. The number of thioether (sulfide) groups is 1. The van der Waals surface area contributed by atoms with Crippen molar-refractivity contribution in [1.29, 1.82) is 0 Å². The SMILES string of the molecule is CC1(C)CNC(C2CCSCC2)OC1. The highest BCUT2D eigenvalue weighted by atomic mass is 32.2. The van der Waals surface area contributed by atoms with Crippen LogP contribution in [0.4, 0.5) is 0 Å². The molecule has 0 aromatic carbocycles. The monoisotopic (exact) mass is 215 g/mol. The van der Waals surface area contributed by atoms with Crippen LogP contribution in [-0.2, 0) is 4.74 Å². The van der Waals surface area contributed by atoms with Gasteiger partial charge in [-0.3, -0.25) is 5.32 Å². The Balaban J connectivity index is 1.82. The molecule has 0 bridgehead atoms. The quantitative estimate of drug-likeness (QED) is 0.724. The summed E-state index contributed by atoms with van der Waals surface area (Å²) >= 11 is 2.08. The fourth-order valence-electron chi connectivity index (χ4n) is 2.12. The van der Waals surface area contributed by atoms with Crippen LogP contribution < -0.4 is 5.32 Å². The summed E-state index contributed by atoms with van der Waals surface area (Å²) in [5, 5.41) is 3.55. The van der Waals surface area contributed by atoms with E-state index in [-0.39, 0.29) is 0 Å². The Morgan fingerprint density at radius 3 is 2.57 bits per heavy atom. The molecule has 2 saturated heterocycles. The van der Waals surface area contributed by atoms with E-state index in [1.165, 1.54) is 24.3 Å². The molecule has 14 heavy (non-hydrogen) atoms. The van der Waals surface area contributed by atoms with E-state index in [4.69, 9.17) is 4.74 Å². The van der Waals surface area contributed by atoms with Crippen LogP contribution in [0.5, 0.6) is 0 Å². The lowest BCUT2D eigenvalue weighted by Crippen LogP contribution is -2.51. The van der Waals surface area contributed by atoms with E-state index in [9.17, 15) is 0 Å². The van der Waals surface area contributed by atoms with Gasteiger partial charge in [0.25, 0.3) is 0 Å². The minimum atomic E-state index is 0.319. The Morgan fingerprint density at radius 1 is 1.29 bits per heavy atom. The summed E-state index contributed by atoms with van der Waals surface area (Å²) in [6.45, 7) is 6.52. The van der Waals surface area contributed by atoms with Crippen LogP contribution in [-0.4, -0.2) is 30.9 Å². The highest BCUT2D eigenvalue weighted by Gasteiger charge is 2.32. The molecule has 2 fully saturated rings. The zero-order chi connectivity index (χ0) is 10.0. The van der Waals surface area contributed by atoms with E-state index in [1.54, 1.807) is 0 Å². The molecule has 0 amide bonds. The highest BCUT2D eigenvalue weighted by Crippen LogP contribution is 2.29. The molecule has 2 nitrogen and oxygen atoms in total. The molecule has 1 N–H and O–H groups in total. The standard InChI is InChI=1S/C11H21NOS/c1-11(2)7-12-10(13-8-11)9-3-5-14-6-4-9/h9-10,12H,3-8H2,1-2H3. The van der Waals surface area contributed by atoms with Gasteiger partial charge in [0, 0.05) is 17.9 Å². The predicted molar refractivity (Wildman–Crippen MR) is 61.6 cm³/mol. The van der Waals surface area contributed by atoms with Crippen LogP contribution in [0.3, 0.4) is 0 Å². The molecule has 0 aromatic rings. The van der Waals surface area contributed by atoms with Crippen molar-refractivity contribution in [3.63, 3.8) is 0 Å². The Kier molecular flexibility index (Phi) is 3.40. The number of hydrogen-bond acceptors (Lipinski definition) is 3. The Morgan fingerprint density at radius 2 is 2.00 bits per heavy atom. The van der Waals surface area contributed by atoms with Gasteiger partial charge in [-0.2, -0.15) is 11.8 Å². The molecule has 2 aliphatic rings. The van der Waals surface area contributed by atoms with Crippen LogP contribution in [0, 0.1) is 11.3 Å². The molecule has 1 atom stereocenters. The Labute approximate surface area is 91.2 Å². The first kappa shape index (κ1) is 10.8. The summed E-state index contributed by atoms with van der Waals surface area (Å²) in [5.41, 5.74) is 0.319. The van der Waals surface area contributed by atoms with Crippen molar-refractivity contribution in [1.82, 2.24) is 5.32 Å². The maximum absolute atomic E-state index is 5.91. The summed E-state index contributed by atoms with van der Waals surface area (Å²) in [6, 6.07) is 0. The lowest BCUT2D eigenvalue weighted by atomic mass is 9.91. The smallest absolute Gasteiger partial charge is 0.111 e. The average molecular weight is 215 g/mol. The molecule has 0 spiro atoms. The van der Waals surface area contributed by atoms with Gasteiger partial charge >= 0.3 is 0 Å². The number of nitrogens with one attached hydrogen (secondary N) is 1. The molecular formula is C11H21NOS. The van der Waals surface area contributed by atoms with E-state index >= 15 is 0 Å². The number of hydrogen-bond donors (Lipinski definition) is 1. The molecule has 0 saturated carbocycles. The van der Waals surface area contributed by atoms with Crippen molar-refractivity contribution in [2.75, 3.05) is 24.7 Å². The van der Waals surface area contributed by atoms with Gasteiger partial charge in [-0.1, -0.05) is 13.8 Å². The van der Waals surface area contributed by atoms with Gasteiger partial charge in [-0.25, -0.2) is 0 Å². The maximum atomic E-state index is 5.91. The normalized spacial score (nSPS) is 34.3. The second-order valence-corrected chi connectivity index (χ2v) is 6.45. The first-order valence-electron chi connectivity index (χ1n) is 5.60. The molecule has 0 radical (unpaired) electrons. The van der Waals surface area contributed by atoms with E-state index in [0.29, 0.717) is 11.6 Å². The molecule has 2 rings (SSSR count). The van der Waals surface area contributed by atoms with Crippen molar-refractivity contribution < 1.29 is 4.74 Å². The molecule has 1 unspecified atom stereocenters. The first-order valence-corrected chi connectivity index (χ1v) is 6.76. The summed E-state index contributed by atoms with van der Waals surface area (Å²) in [7, 11) is 0. The van der Waals surface area contributed by atoms with Crippen LogP contribution >= 0.6 is 11.8 Å². The minimum absolute atomic E-state index is 0.319. The summed E-state index contributed by atoms with van der Waals surface area (Å²) < 4.78 is 5.91. The van der Waals surface area contributed by atoms with Crippen LogP contribution in [0.15, 0.2) is 0 Å². The molecular weight excluding hydrogens is 194 g/mol. The first-order chi connectivity index (χ1) is 6.67. The van der Waals surface area contributed by atoms with Gasteiger partial charge < -0.3 is 4.74 Å². The van der Waals surface area contributed by atoms with E-state index in [2.05, 4.69) is 30.9 Å². The predicted octanol–water partition coefficient (Wildman–Crippen LogP) is 2.10. The van der Waals surface area contributed by atoms with Gasteiger partial charge in [0.2, 0.25) is 0 Å². The highest BCUT2D eigenvalue weighted by molar-refractivity contribution is 7.99. The van der Waals surface area contributed by atoms with Gasteiger partial charge in [-0.15, -0.1) is 0 Å². The van der Waals surface area contributed by atoms with Gasteiger partial charge in [0.1, 0.15) is 6.23 Å². The molecule has 0 aromatic heterocycles. The van der Waals surface area contributed by atoms with Crippen molar-refractivity contribution in [3.8, 4) is 0 Å². The number of ether oxygens (including phenoxy) is 1. The fourth-order valence-corrected chi connectivity index (χ4v) is 3.27. The average Bonchev–Trinajstić information content (AvgIpc) is 2.19. The maximum Gasteiger partial charge on any atom is 0.111 e. The topological polar surface area (TPSA) is 21.3 Å². The minimum Gasteiger partial charge on any atom is -0.362 e. The van der Waals surface area contributed by atoms with E-state index in [1.807, 2.05) is 0 Å². The molecule has 3 heteroatoms. The van der Waals surface area contributed by atoms with Crippen LogP contribution in [0.2, 0.25) is 0 Å². The molecule has 2 aliphatic heterocycles. The van der Waals surface area contributed by atoms with E-state index in [0.717, 1.165) is 19.1 Å². The Bertz CT molecular complexity index is 180. The van der Waals surface area contributed by atoms with Gasteiger partial charge in [0.15, 0.2) is 0 Å². The van der Waals surface area contributed by atoms with Crippen molar-refractivity contribution >= 4 is 11.8 Å². The van der Waals surface area contributed by atoms with E-state index < -0.39 is 0 Å². The molecule has 0 aliphatic carbocycles. The summed E-state index contributed by atoms with van der Waals surface area (Å²) in [5.74, 6) is 3.39. The lowest BCUT2D eigenvalue weighted by Gasteiger charge is -2.40. The second kappa shape index (κ2) is 4.42. The van der Waals surface area contributed by atoms with Crippen LogP contribution in [0.25, 0.3) is 0 Å². The number of rotatable bonds is 1. The molecule has 2 heterocycles. The second-order valence-electron chi connectivity index (χ2n) is 5.23. The third-order valence-electron chi connectivity index (χ3n) is 3.13.